The number of aromatic nitrogens is 3. The molecule has 0 amide bonds. The van der Waals surface area contributed by atoms with E-state index in [4.69, 9.17) is 10.2 Å². The standard InChI is InChI=1S/C9H7NO2S.C8H5NO2S.C8H7NOS/c1-12-9(11)8-6-4-2-3-5-7(6)13-10-8;10-8(11)7-5-3-1-2-4-6(5)12-9-7;10-5-7-6-3-1-2-4-8(6)11-9-7/h2-5H,1H3;1-4H,(H,10,11);1-4,10H,5H2. The molecule has 36 heavy (non-hydrogen) atoms. The second kappa shape index (κ2) is 11.8. The highest BCUT2D eigenvalue weighted by Gasteiger charge is 2.13. The Morgan fingerprint density at radius 2 is 1.17 bits per heavy atom. The van der Waals surface area contributed by atoms with Gasteiger partial charge in [0.1, 0.15) is 0 Å². The first-order valence-electron chi connectivity index (χ1n) is 10.5. The zero-order chi connectivity index (χ0) is 25.5. The molecule has 11 heteroatoms. The Morgan fingerprint density at radius 3 is 1.69 bits per heavy atom. The number of ether oxygens (including phenoxy) is 1. The number of carboxylic acid groups (broad SMARTS) is 1. The van der Waals surface area contributed by atoms with E-state index in [9.17, 15) is 9.59 Å². The number of esters is 1. The smallest absolute Gasteiger partial charge is 0.358 e. The number of hydrogen-bond acceptors (Lipinski definition) is 10. The molecule has 0 unspecified atom stereocenters. The number of aliphatic hydroxyl groups excluding tert-OH is 1. The Hall–Kier alpha value is -3.77. The van der Waals surface area contributed by atoms with Gasteiger partial charge >= 0.3 is 11.9 Å². The minimum Gasteiger partial charge on any atom is -0.476 e. The van der Waals surface area contributed by atoms with Crippen LogP contribution in [-0.2, 0) is 11.3 Å². The van der Waals surface area contributed by atoms with Gasteiger partial charge in [0.2, 0.25) is 0 Å². The molecule has 182 valence electrons. The van der Waals surface area contributed by atoms with Gasteiger partial charge in [-0.1, -0.05) is 54.6 Å². The van der Waals surface area contributed by atoms with Gasteiger partial charge in [-0.2, -0.15) is 13.1 Å². The summed E-state index contributed by atoms with van der Waals surface area (Å²) in [6.45, 7) is 0.0318. The normalized spacial score (nSPS) is 10.4. The number of methoxy groups -OCH3 is 1. The van der Waals surface area contributed by atoms with Crippen LogP contribution in [0.2, 0.25) is 0 Å². The summed E-state index contributed by atoms with van der Waals surface area (Å²) < 4.78 is 19.6. The average Bonchev–Trinajstić information content (AvgIpc) is 3.65. The fourth-order valence-corrected chi connectivity index (χ4v) is 5.54. The van der Waals surface area contributed by atoms with Crippen molar-refractivity contribution in [2.75, 3.05) is 7.11 Å². The summed E-state index contributed by atoms with van der Waals surface area (Å²) in [6, 6.07) is 22.8. The Kier molecular flexibility index (Phi) is 8.28. The first-order valence-corrected chi connectivity index (χ1v) is 12.8. The van der Waals surface area contributed by atoms with E-state index in [0.29, 0.717) is 5.69 Å². The number of carboxylic acids is 1. The van der Waals surface area contributed by atoms with E-state index in [0.717, 1.165) is 36.0 Å². The summed E-state index contributed by atoms with van der Waals surface area (Å²) in [5.41, 5.74) is 1.34. The fourth-order valence-electron chi connectivity index (χ4n) is 3.22. The second-order valence-electron chi connectivity index (χ2n) is 7.13. The van der Waals surface area contributed by atoms with Crippen molar-refractivity contribution in [1.82, 2.24) is 13.1 Å². The first kappa shape index (κ1) is 25.3. The average molecular weight is 538 g/mol. The van der Waals surface area contributed by atoms with Gasteiger partial charge in [-0.3, -0.25) is 0 Å². The van der Waals surface area contributed by atoms with Gasteiger partial charge in [0.25, 0.3) is 0 Å². The SMILES string of the molecule is COC(=O)c1nsc2ccccc12.O=C(O)c1nsc2ccccc12.OCc1nsc2ccccc12. The first-order chi connectivity index (χ1) is 17.5. The molecule has 0 radical (unpaired) electrons. The zero-order valence-electron chi connectivity index (χ0n) is 18.8. The summed E-state index contributed by atoms with van der Waals surface area (Å²) in [6.07, 6.45) is 0. The molecule has 8 nitrogen and oxygen atoms in total. The third kappa shape index (κ3) is 5.55. The number of aromatic carboxylic acids is 1. The van der Waals surface area contributed by atoms with Crippen LogP contribution in [0.25, 0.3) is 30.3 Å². The fraction of sp³-hybridized carbons (Fsp3) is 0.0800. The third-order valence-corrected chi connectivity index (χ3v) is 7.46. The summed E-state index contributed by atoms with van der Waals surface area (Å²) >= 11 is 3.95. The van der Waals surface area contributed by atoms with Crippen molar-refractivity contribution in [3.8, 4) is 0 Å². The molecule has 0 saturated carbocycles. The van der Waals surface area contributed by atoms with Gasteiger partial charge in [0.05, 0.1) is 33.5 Å². The predicted octanol–water partition coefficient (Wildman–Crippen LogP) is 5.87. The van der Waals surface area contributed by atoms with Crippen LogP contribution in [0, 0.1) is 0 Å². The van der Waals surface area contributed by atoms with Crippen LogP contribution in [0.3, 0.4) is 0 Å². The van der Waals surface area contributed by atoms with Crippen LogP contribution in [0.1, 0.15) is 26.7 Å². The number of rotatable bonds is 3. The Bertz CT molecular complexity index is 1640. The molecule has 0 fully saturated rings. The van der Waals surface area contributed by atoms with Crippen molar-refractivity contribution in [2.24, 2.45) is 0 Å². The summed E-state index contributed by atoms with van der Waals surface area (Å²) in [5, 5.41) is 20.2. The van der Waals surface area contributed by atoms with E-state index in [1.165, 1.54) is 41.7 Å². The summed E-state index contributed by atoms with van der Waals surface area (Å²) in [7, 11) is 1.36. The van der Waals surface area contributed by atoms with E-state index >= 15 is 0 Å². The highest BCUT2D eigenvalue weighted by Crippen LogP contribution is 2.23. The maximum Gasteiger partial charge on any atom is 0.358 e. The molecule has 0 spiro atoms. The van der Waals surface area contributed by atoms with Gasteiger partial charge in [-0.15, -0.1) is 0 Å². The molecule has 3 aromatic carbocycles. The van der Waals surface area contributed by atoms with Crippen molar-refractivity contribution < 1.29 is 24.5 Å². The molecule has 3 heterocycles. The molecule has 3 aromatic heterocycles. The lowest BCUT2D eigenvalue weighted by atomic mass is 10.2. The molecular formula is C25H19N3O5S3. The number of fused-ring (bicyclic) bond motifs is 3. The van der Waals surface area contributed by atoms with Crippen molar-refractivity contribution in [1.29, 1.82) is 0 Å². The minimum absolute atomic E-state index is 0.0318. The van der Waals surface area contributed by atoms with Gasteiger partial charge in [0.15, 0.2) is 11.4 Å². The van der Waals surface area contributed by atoms with Gasteiger partial charge in [0, 0.05) is 16.2 Å². The van der Waals surface area contributed by atoms with Gasteiger partial charge in [-0.25, -0.2) is 9.59 Å². The van der Waals surface area contributed by atoms with Crippen LogP contribution in [0.4, 0.5) is 0 Å². The number of hydrogen-bond donors (Lipinski definition) is 2. The van der Waals surface area contributed by atoms with Crippen molar-refractivity contribution >= 4 is 76.8 Å². The van der Waals surface area contributed by atoms with E-state index in [-0.39, 0.29) is 18.3 Å². The van der Waals surface area contributed by atoms with Crippen molar-refractivity contribution in [3.05, 3.63) is 89.9 Å². The summed E-state index contributed by atoms with van der Waals surface area (Å²) in [4.78, 5) is 21.8. The Balaban J connectivity index is 0.000000127. The van der Waals surface area contributed by atoms with Crippen LogP contribution in [-0.4, -0.2) is 42.4 Å². The molecule has 0 atom stereocenters. The van der Waals surface area contributed by atoms with Crippen LogP contribution >= 0.6 is 34.6 Å². The third-order valence-electron chi connectivity index (χ3n) is 4.94. The van der Waals surface area contributed by atoms with E-state index in [1.807, 2.05) is 66.7 Å². The lowest BCUT2D eigenvalue weighted by Gasteiger charge is -1.93. The second-order valence-corrected chi connectivity index (χ2v) is 9.55. The number of aliphatic hydroxyl groups is 1. The summed E-state index contributed by atoms with van der Waals surface area (Å²) in [5.74, 6) is -1.34. The molecule has 0 aliphatic heterocycles. The quantitative estimate of drug-likeness (QED) is 0.269. The predicted molar refractivity (Wildman–Crippen MR) is 143 cm³/mol. The number of nitrogens with zero attached hydrogens (tertiary/aromatic N) is 3. The Labute approximate surface area is 217 Å². The maximum absolute atomic E-state index is 11.2. The molecule has 2 N–H and O–H groups in total. The maximum atomic E-state index is 11.2. The molecule has 6 rings (SSSR count). The largest absolute Gasteiger partial charge is 0.476 e. The van der Waals surface area contributed by atoms with E-state index in [1.54, 1.807) is 6.07 Å². The molecule has 0 aliphatic carbocycles. The van der Waals surface area contributed by atoms with Crippen molar-refractivity contribution in [3.63, 3.8) is 0 Å². The number of carbonyl (C=O) groups excluding carboxylic acids is 1. The molecule has 0 bridgehead atoms. The van der Waals surface area contributed by atoms with Crippen LogP contribution < -0.4 is 0 Å². The zero-order valence-corrected chi connectivity index (χ0v) is 21.3. The monoisotopic (exact) mass is 537 g/mol. The molecule has 0 saturated heterocycles. The highest BCUT2D eigenvalue weighted by atomic mass is 32.1. The topological polar surface area (TPSA) is 122 Å². The Morgan fingerprint density at radius 1 is 0.722 bits per heavy atom. The van der Waals surface area contributed by atoms with E-state index < -0.39 is 5.97 Å². The van der Waals surface area contributed by atoms with Gasteiger partial charge in [-0.05, 0) is 52.8 Å². The molecule has 6 aromatic rings. The lowest BCUT2D eigenvalue weighted by molar-refractivity contribution is 0.0597. The number of benzene rings is 3. The minimum atomic E-state index is -0.965. The highest BCUT2D eigenvalue weighted by molar-refractivity contribution is 7.14. The lowest BCUT2D eigenvalue weighted by Crippen LogP contribution is -2.01. The van der Waals surface area contributed by atoms with Crippen LogP contribution in [0.5, 0.6) is 0 Å². The van der Waals surface area contributed by atoms with Crippen LogP contribution in [0.15, 0.2) is 72.8 Å². The number of carbonyl (C=O) groups is 2. The van der Waals surface area contributed by atoms with Crippen molar-refractivity contribution in [2.45, 2.75) is 6.61 Å². The van der Waals surface area contributed by atoms with Gasteiger partial charge < -0.3 is 14.9 Å². The molecule has 0 aliphatic rings. The van der Waals surface area contributed by atoms with E-state index in [2.05, 4.69) is 17.9 Å². The molecular weight excluding hydrogens is 518 g/mol.